The number of hydrogen-bond donors (Lipinski definition) is 0. The highest BCUT2D eigenvalue weighted by Crippen LogP contribution is 2.40. The quantitative estimate of drug-likeness (QED) is 0.149. The summed E-state index contributed by atoms with van der Waals surface area (Å²) in [6, 6.07) is 32.9. The number of nitrogens with zero attached hydrogens (tertiary/aromatic N) is 8. The molecule has 0 saturated carbocycles. The lowest BCUT2D eigenvalue weighted by molar-refractivity contribution is 0.584. The summed E-state index contributed by atoms with van der Waals surface area (Å²) in [7, 11) is 0. The van der Waals surface area contributed by atoms with Gasteiger partial charge in [0.2, 0.25) is 0 Å². The van der Waals surface area contributed by atoms with Gasteiger partial charge in [-0.15, -0.1) is 0 Å². The molecule has 0 fully saturated rings. The first-order chi connectivity index (χ1) is 27.3. The fourth-order valence-corrected chi connectivity index (χ4v) is 6.35. The summed E-state index contributed by atoms with van der Waals surface area (Å²) < 4.78 is 4.31. The van der Waals surface area contributed by atoms with E-state index >= 15 is 0 Å². The molecule has 55 heavy (non-hydrogen) atoms. The third-order valence-corrected chi connectivity index (χ3v) is 8.21. The molecule has 4 aliphatic heterocycles. The second-order valence-electron chi connectivity index (χ2n) is 10.4. The van der Waals surface area contributed by atoms with E-state index in [-0.39, 0.29) is 0 Å². The second-order valence-corrected chi connectivity index (χ2v) is 10.4. The van der Waals surface area contributed by atoms with Crippen molar-refractivity contribution >= 4 is 56.5 Å². The van der Waals surface area contributed by atoms with Crippen molar-refractivity contribution in [3.8, 4) is 0 Å². The third kappa shape index (κ3) is 7.90. The molecular formula is C47H60N8. The van der Waals surface area contributed by atoms with Crippen molar-refractivity contribution in [2.24, 2.45) is 30.0 Å². The van der Waals surface area contributed by atoms with E-state index in [2.05, 4.69) is 57.7 Å². The zero-order valence-electron chi connectivity index (χ0n) is 35.5. The highest BCUT2D eigenvalue weighted by atomic mass is 15.3. The number of aromatic nitrogens is 2. The summed E-state index contributed by atoms with van der Waals surface area (Å²) in [5.74, 6) is 4.18. The molecule has 0 N–H and O–H groups in total. The Labute approximate surface area is 328 Å². The van der Waals surface area contributed by atoms with Crippen LogP contribution in [0.15, 0.2) is 127 Å². The van der Waals surface area contributed by atoms with Crippen molar-refractivity contribution in [1.82, 2.24) is 9.13 Å². The van der Waals surface area contributed by atoms with Crippen LogP contribution in [0.2, 0.25) is 0 Å². The van der Waals surface area contributed by atoms with Gasteiger partial charge in [0, 0.05) is 43.8 Å². The Kier molecular flexibility index (Phi) is 16.8. The first-order valence-electron chi connectivity index (χ1n) is 20.5. The fourth-order valence-electron chi connectivity index (χ4n) is 6.35. The van der Waals surface area contributed by atoms with Crippen LogP contribution in [0.3, 0.4) is 0 Å². The molecule has 0 unspecified atom stereocenters. The molecule has 0 amide bonds. The van der Waals surface area contributed by atoms with Crippen LogP contribution in [0.25, 0.3) is 21.5 Å². The Balaban J connectivity index is 0.000000528. The largest absolute Gasteiger partial charge is 0.291 e. The average Bonchev–Trinajstić information content (AvgIpc) is 3.99. The zero-order valence-corrected chi connectivity index (χ0v) is 35.5. The Morgan fingerprint density at radius 2 is 0.582 bits per heavy atom. The maximum atomic E-state index is 5.22. The number of aliphatic imine (C=N–C) groups is 4. The number of fused-ring (bicyclic) bond motifs is 14. The van der Waals surface area contributed by atoms with Crippen molar-refractivity contribution in [1.29, 1.82) is 0 Å². The Morgan fingerprint density at radius 1 is 0.309 bits per heavy atom. The minimum atomic E-state index is 0.423. The molecule has 8 nitrogen and oxygen atoms in total. The van der Waals surface area contributed by atoms with Crippen LogP contribution in [0.1, 0.15) is 119 Å². The Morgan fingerprint density at radius 3 is 0.909 bits per heavy atom. The van der Waals surface area contributed by atoms with Crippen LogP contribution in [0.5, 0.6) is 0 Å². The molecule has 8 heteroatoms. The average molecular weight is 737 g/mol. The van der Waals surface area contributed by atoms with Gasteiger partial charge in [-0.2, -0.15) is 0 Å². The first kappa shape index (κ1) is 43.6. The summed E-state index contributed by atoms with van der Waals surface area (Å²) in [6.45, 7) is 28.4. The first-order valence-corrected chi connectivity index (χ1v) is 20.5. The summed E-state index contributed by atoms with van der Waals surface area (Å²) >= 11 is 0. The predicted octanol–water partition coefficient (Wildman–Crippen LogP) is 12.2. The Bertz CT molecular complexity index is 2290. The van der Waals surface area contributed by atoms with Crippen molar-refractivity contribution in [2.45, 2.75) is 104 Å². The van der Waals surface area contributed by atoms with Gasteiger partial charge in [0.1, 0.15) is 29.3 Å². The van der Waals surface area contributed by atoms with Gasteiger partial charge in [-0.1, -0.05) is 194 Å². The summed E-state index contributed by atoms with van der Waals surface area (Å²) in [5, 5.41) is 4.02. The zero-order chi connectivity index (χ0) is 40.7. The maximum absolute atomic E-state index is 5.22. The topological polar surface area (TPSA) is 84.0 Å². The van der Waals surface area contributed by atoms with E-state index in [1.165, 1.54) is 0 Å². The molecule has 6 bridgehead atoms. The summed E-state index contributed by atoms with van der Waals surface area (Å²) in [4.78, 5) is 30.9. The van der Waals surface area contributed by atoms with Crippen molar-refractivity contribution in [3.05, 3.63) is 130 Å². The summed E-state index contributed by atoms with van der Waals surface area (Å²) in [6.07, 6.45) is 0. The smallest absolute Gasteiger partial charge is 0.164 e. The van der Waals surface area contributed by atoms with Gasteiger partial charge in [-0.25, -0.2) is 30.0 Å². The molecule has 0 atom stereocenters. The third-order valence-electron chi connectivity index (χ3n) is 8.21. The van der Waals surface area contributed by atoms with Crippen LogP contribution >= 0.6 is 0 Å². The molecule has 2 aromatic heterocycles. The van der Waals surface area contributed by atoms with E-state index in [1.807, 2.05) is 145 Å². The lowest BCUT2D eigenvalue weighted by Gasteiger charge is -2.12. The molecule has 6 aromatic rings. The highest BCUT2D eigenvalue weighted by Gasteiger charge is 2.29. The van der Waals surface area contributed by atoms with Gasteiger partial charge < -0.3 is 0 Å². The lowest BCUT2D eigenvalue weighted by atomic mass is 10.1. The van der Waals surface area contributed by atoms with Crippen molar-refractivity contribution in [2.75, 3.05) is 0 Å². The molecule has 10 rings (SSSR count). The van der Waals surface area contributed by atoms with Gasteiger partial charge in [0.05, 0.1) is 0 Å². The molecule has 0 saturated heterocycles. The van der Waals surface area contributed by atoms with Crippen molar-refractivity contribution < 1.29 is 0 Å². The lowest BCUT2D eigenvalue weighted by Crippen LogP contribution is -2.32. The van der Waals surface area contributed by atoms with Crippen LogP contribution in [0, 0.1) is 0 Å². The molecule has 288 valence electrons. The van der Waals surface area contributed by atoms with E-state index in [1.54, 1.807) is 0 Å². The maximum Gasteiger partial charge on any atom is 0.164 e. The minimum Gasteiger partial charge on any atom is -0.291 e. The molecular weight excluding hydrogens is 677 g/mol. The van der Waals surface area contributed by atoms with E-state index < -0.39 is 0 Å². The number of rotatable bonds is 0. The number of hydrogen-bond acceptors (Lipinski definition) is 6. The molecule has 4 aliphatic rings. The predicted molar refractivity (Wildman–Crippen MR) is 239 cm³/mol. The fraction of sp³-hybridized carbons (Fsp3) is 0.319. The van der Waals surface area contributed by atoms with Crippen LogP contribution in [0.4, 0.5) is 11.6 Å². The van der Waals surface area contributed by atoms with E-state index in [9.17, 15) is 0 Å². The van der Waals surface area contributed by atoms with Crippen LogP contribution < -0.4 is 11.0 Å². The standard InChI is InChI=1S/C33H18N8.7C2H6/c1-2-10-19-18(9-1)26-34-27(19)37-31-24-15-7-8-16-25(24)33-39-29-21-12-4-3-11-20(21)28(35-29)38-32-23-14-6-5-13-22(23)30(36-26)40(32)17-41(31)33;7*1-2/h1-16H,17H2;7*1-2H3. The van der Waals surface area contributed by atoms with Gasteiger partial charge >= 0.3 is 0 Å². The number of benzene rings is 4. The van der Waals surface area contributed by atoms with Gasteiger partial charge in [-0.05, 0) is 0 Å². The van der Waals surface area contributed by atoms with Crippen LogP contribution in [-0.2, 0) is 6.67 Å². The second kappa shape index (κ2) is 21.2. The normalized spacial score (nSPS) is 12.5. The molecule has 0 aliphatic carbocycles. The Hall–Kier alpha value is -5.76. The van der Waals surface area contributed by atoms with Gasteiger partial charge in [0.15, 0.2) is 23.3 Å². The molecule has 6 heterocycles. The van der Waals surface area contributed by atoms with Gasteiger partial charge in [0.25, 0.3) is 0 Å². The molecule has 0 radical (unpaired) electrons. The minimum absolute atomic E-state index is 0.423. The van der Waals surface area contributed by atoms with E-state index in [0.717, 1.165) is 66.4 Å². The SMILES string of the molecule is CC.CC.CC.CC.CC.CC.CC.c1ccc2c(c1)C1=NC2=Nc2c3ccccc3c3n2Cn2c(c4ccccc4c2=NC2=NC(=N3)c3ccccc32)=N1. The van der Waals surface area contributed by atoms with Crippen LogP contribution in [-0.4, -0.2) is 32.5 Å². The van der Waals surface area contributed by atoms with Gasteiger partial charge in [-0.3, -0.25) is 9.13 Å². The monoisotopic (exact) mass is 736 g/mol. The summed E-state index contributed by atoms with van der Waals surface area (Å²) in [5.41, 5.74) is 5.45. The van der Waals surface area contributed by atoms with Crippen molar-refractivity contribution in [3.63, 3.8) is 0 Å². The number of amidine groups is 4. The highest BCUT2D eigenvalue weighted by molar-refractivity contribution is 6.25. The van der Waals surface area contributed by atoms with E-state index in [4.69, 9.17) is 30.0 Å². The molecule has 4 aromatic carbocycles. The molecule has 0 spiro atoms. The van der Waals surface area contributed by atoms with E-state index in [0.29, 0.717) is 30.0 Å².